The van der Waals surface area contributed by atoms with E-state index in [1.807, 2.05) is 0 Å². The van der Waals surface area contributed by atoms with E-state index in [0.717, 1.165) is 0 Å². The first kappa shape index (κ1) is 15.1. The Balaban J connectivity index is 2.52. The maximum atomic E-state index is 14.3. The highest BCUT2D eigenvalue weighted by atomic mass is 19.1. The fourth-order valence-electron chi connectivity index (χ4n) is 2.19. The zero-order valence-electron chi connectivity index (χ0n) is 12.1. The molecule has 0 aliphatic heterocycles. The van der Waals surface area contributed by atoms with Crippen LogP contribution in [0, 0.1) is 5.82 Å². The summed E-state index contributed by atoms with van der Waals surface area (Å²) in [4.78, 5) is 0. The minimum Gasteiger partial charge on any atom is -0.494 e. The molecule has 0 radical (unpaired) electrons. The van der Waals surface area contributed by atoms with Crippen LogP contribution < -0.4 is 14.2 Å². The van der Waals surface area contributed by atoms with Crippen molar-refractivity contribution in [3.05, 3.63) is 53.3 Å². The van der Waals surface area contributed by atoms with Crippen LogP contribution in [-0.4, -0.2) is 26.4 Å². The van der Waals surface area contributed by atoms with Gasteiger partial charge in [0.25, 0.3) is 0 Å². The van der Waals surface area contributed by atoms with E-state index < -0.39 is 11.9 Å². The fourth-order valence-corrected chi connectivity index (χ4v) is 2.19. The smallest absolute Gasteiger partial charge is 0.171 e. The number of rotatable bonds is 5. The minimum absolute atomic E-state index is 0.0772. The number of para-hydroxylation sites is 1. The zero-order valence-corrected chi connectivity index (χ0v) is 12.1. The second-order valence-electron chi connectivity index (χ2n) is 4.35. The van der Waals surface area contributed by atoms with Crippen molar-refractivity contribution < 1.29 is 23.7 Å². The third kappa shape index (κ3) is 2.78. The van der Waals surface area contributed by atoms with Crippen molar-refractivity contribution in [2.45, 2.75) is 6.10 Å². The van der Waals surface area contributed by atoms with Crippen molar-refractivity contribution in [2.75, 3.05) is 21.3 Å². The van der Waals surface area contributed by atoms with Gasteiger partial charge in [0.05, 0.1) is 21.3 Å². The lowest BCUT2D eigenvalue weighted by molar-refractivity contribution is 0.206. The van der Waals surface area contributed by atoms with Crippen LogP contribution in [0.15, 0.2) is 36.4 Å². The molecule has 2 aromatic rings. The lowest BCUT2D eigenvalue weighted by Crippen LogP contribution is -2.06. The molecule has 2 aromatic carbocycles. The van der Waals surface area contributed by atoms with Crippen molar-refractivity contribution in [2.24, 2.45) is 0 Å². The molecular weight excluding hydrogens is 275 g/mol. The summed E-state index contributed by atoms with van der Waals surface area (Å²) in [6, 6.07) is 9.68. The fraction of sp³-hybridized carbons (Fsp3) is 0.250. The van der Waals surface area contributed by atoms with E-state index in [2.05, 4.69) is 0 Å². The molecule has 0 saturated carbocycles. The van der Waals surface area contributed by atoms with Crippen LogP contribution in [0.4, 0.5) is 4.39 Å². The normalized spacial score (nSPS) is 11.9. The average molecular weight is 292 g/mol. The van der Waals surface area contributed by atoms with Crippen molar-refractivity contribution in [3.8, 4) is 17.2 Å². The second-order valence-corrected chi connectivity index (χ2v) is 4.35. The summed E-state index contributed by atoms with van der Waals surface area (Å²) in [6.45, 7) is 0. The molecule has 1 atom stereocenters. The predicted molar refractivity (Wildman–Crippen MR) is 76.6 cm³/mol. The molecule has 0 spiro atoms. The molecule has 0 amide bonds. The summed E-state index contributed by atoms with van der Waals surface area (Å²) < 4.78 is 29.7. The van der Waals surface area contributed by atoms with Gasteiger partial charge in [-0.25, -0.2) is 4.39 Å². The monoisotopic (exact) mass is 292 g/mol. The van der Waals surface area contributed by atoms with Gasteiger partial charge in [-0.2, -0.15) is 0 Å². The number of aliphatic hydroxyl groups is 1. The average Bonchev–Trinajstić information content (AvgIpc) is 2.53. The number of hydrogen-bond donors (Lipinski definition) is 1. The molecular formula is C16H17FO4. The Morgan fingerprint density at radius 2 is 1.43 bits per heavy atom. The Morgan fingerprint density at radius 1 is 0.857 bits per heavy atom. The van der Waals surface area contributed by atoms with E-state index in [1.54, 1.807) is 24.3 Å². The molecule has 1 N–H and O–H groups in total. The Kier molecular flexibility index (Phi) is 4.65. The maximum Gasteiger partial charge on any atom is 0.171 e. The summed E-state index contributed by atoms with van der Waals surface area (Å²) in [7, 11) is 4.34. The Bertz CT molecular complexity index is 628. The second kappa shape index (κ2) is 6.45. The molecule has 0 aliphatic rings. The van der Waals surface area contributed by atoms with Gasteiger partial charge in [-0.1, -0.05) is 24.3 Å². The molecule has 0 aliphatic carbocycles. The summed E-state index contributed by atoms with van der Waals surface area (Å²) in [5.41, 5.74) is 0.532. The summed E-state index contributed by atoms with van der Waals surface area (Å²) >= 11 is 0. The molecule has 2 rings (SSSR count). The largest absolute Gasteiger partial charge is 0.494 e. The van der Waals surface area contributed by atoms with Crippen LogP contribution in [0.25, 0.3) is 0 Å². The topological polar surface area (TPSA) is 47.9 Å². The first-order valence-electron chi connectivity index (χ1n) is 6.35. The highest BCUT2D eigenvalue weighted by Crippen LogP contribution is 2.38. The molecule has 4 nitrogen and oxygen atoms in total. The van der Waals surface area contributed by atoms with Gasteiger partial charge >= 0.3 is 0 Å². The Labute approximate surface area is 122 Å². The number of hydrogen-bond acceptors (Lipinski definition) is 4. The van der Waals surface area contributed by atoms with Gasteiger partial charge in [0.2, 0.25) is 0 Å². The number of methoxy groups -OCH3 is 3. The van der Waals surface area contributed by atoms with Gasteiger partial charge in [-0.3, -0.25) is 0 Å². The molecule has 0 heterocycles. The van der Waals surface area contributed by atoms with Crippen LogP contribution in [0.3, 0.4) is 0 Å². The van der Waals surface area contributed by atoms with E-state index >= 15 is 0 Å². The minimum atomic E-state index is -1.19. The SMILES string of the molecule is COc1cccc(C(O)c2cccc(OC)c2OC)c1F. The highest BCUT2D eigenvalue weighted by Gasteiger charge is 2.22. The van der Waals surface area contributed by atoms with Gasteiger partial charge in [0.1, 0.15) is 6.10 Å². The van der Waals surface area contributed by atoms with Crippen molar-refractivity contribution in [3.63, 3.8) is 0 Å². The molecule has 0 bridgehead atoms. The van der Waals surface area contributed by atoms with E-state index in [1.165, 1.54) is 33.5 Å². The number of aliphatic hydroxyl groups excluding tert-OH is 1. The van der Waals surface area contributed by atoms with Crippen LogP contribution in [0.1, 0.15) is 17.2 Å². The quantitative estimate of drug-likeness (QED) is 0.920. The van der Waals surface area contributed by atoms with Crippen molar-refractivity contribution in [1.82, 2.24) is 0 Å². The van der Waals surface area contributed by atoms with E-state index in [0.29, 0.717) is 17.1 Å². The molecule has 0 aromatic heterocycles. The summed E-state index contributed by atoms with van der Waals surface area (Å²) in [5.74, 6) is 0.317. The molecule has 21 heavy (non-hydrogen) atoms. The Hall–Kier alpha value is -2.27. The van der Waals surface area contributed by atoms with E-state index in [4.69, 9.17) is 14.2 Å². The molecule has 0 saturated heterocycles. The number of benzene rings is 2. The van der Waals surface area contributed by atoms with Crippen molar-refractivity contribution >= 4 is 0 Å². The van der Waals surface area contributed by atoms with Crippen molar-refractivity contribution in [1.29, 1.82) is 0 Å². The van der Waals surface area contributed by atoms with E-state index in [9.17, 15) is 9.50 Å². The standard InChI is InChI=1S/C16H17FO4/c1-19-12-8-4-6-10(14(12)17)15(18)11-7-5-9-13(20-2)16(11)21-3/h4-9,15,18H,1-3H3. The lowest BCUT2D eigenvalue weighted by atomic mass is 9.99. The molecule has 1 unspecified atom stereocenters. The van der Waals surface area contributed by atoms with Gasteiger partial charge < -0.3 is 19.3 Å². The predicted octanol–water partition coefficient (Wildman–Crippen LogP) is 2.93. The summed E-state index contributed by atoms with van der Waals surface area (Å²) in [6.07, 6.45) is -1.19. The van der Waals surface area contributed by atoms with Gasteiger partial charge in [0, 0.05) is 11.1 Å². The Morgan fingerprint density at radius 3 is 2.00 bits per heavy atom. The van der Waals surface area contributed by atoms with Gasteiger partial charge in [-0.05, 0) is 12.1 Å². The van der Waals surface area contributed by atoms with Crippen LogP contribution in [-0.2, 0) is 0 Å². The molecule has 5 heteroatoms. The van der Waals surface area contributed by atoms with Gasteiger partial charge in [-0.15, -0.1) is 0 Å². The van der Waals surface area contributed by atoms with Crippen LogP contribution in [0.5, 0.6) is 17.2 Å². The highest BCUT2D eigenvalue weighted by molar-refractivity contribution is 5.50. The first-order chi connectivity index (χ1) is 10.1. The lowest BCUT2D eigenvalue weighted by Gasteiger charge is -2.18. The molecule has 112 valence electrons. The third-order valence-corrected chi connectivity index (χ3v) is 3.24. The third-order valence-electron chi connectivity index (χ3n) is 3.24. The van der Waals surface area contributed by atoms with Crippen LogP contribution in [0.2, 0.25) is 0 Å². The maximum absolute atomic E-state index is 14.3. The van der Waals surface area contributed by atoms with Crippen LogP contribution >= 0.6 is 0 Å². The number of halogens is 1. The first-order valence-corrected chi connectivity index (χ1v) is 6.35. The summed E-state index contributed by atoms with van der Waals surface area (Å²) in [5, 5.41) is 10.5. The zero-order chi connectivity index (χ0) is 15.4. The van der Waals surface area contributed by atoms with Gasteiger partial charge in [0.15, 0.2) is 23.1 Å². The molecule has 0 fully saturated rings. The number of ether oxygens (including phenoxy) is 3. The van der Waals surface area contributed by atoms with E-state index in [-0.39, 0.29) is 11.3 Å².